The van der Waals surface area contributed by atoms with E-state index in [0.29, 0.717) is 0 Å². The van der Waals surface area contributed by atoms with Crippen LogP contribution in [0.15, 0.2) is 24.3 Å². The van der Waals surface area contributed by atoms with Crippen molar-refractivity contribution in [3.8, 4) is 0 Å². The van der Waals surface area contributed by atoms with Crippen molar-refractivity contribution >= 4 is 11.8 Å². The molecule has 2 rings (SSSR count). The second-order valence-electron chi connectivity index (χ2n) is 5.71. The van der Waals surface area contributed by atoms with Crippen molar-refractivity contribution in [3.63, 3.8) is 0 Å². The zero-order chi connectivity index (χ0) is 13.0. The number of benzene rings is 1. The molecule has 1 saturated heterocycles. The van der Waals surface area contributed by atoms with Crippen molar-refractivity contribution in [2.24, 2.45) is 0 Å². The van der Waals surface area contributed by atoms with Crippen LogP contribution in [-0.4, -0.2) is 29.7 Å². The Labute approximate surface area is 115 Å². The molecule has 0 atom stereocenters. The van der Waals surface area contributed by atoms with E-state index in [-0.39, 0.29) is 5.41 Å². The molecule has 0 amide bonds. The third-order valence-electron chi connectivity index (χ3n) is 3.67. The summed E-state index contributed by atoms with van der Waals surface area (Å²) in [5, 5.41) is 2.33. The van der Waals surface area contributed by atoms with Gasteiger partial charge >= 0.3 is 0 Å². The lowest BCUT2D eigenvalue weighted by Crippen LogP contribution is -2.38. The van der Waals surface area contributed by atoms with E-state index in [9.17, 15) is 0 Å². The molecular weight excluding hydrogens is 240 g/mol. The van der Waals surface area contributed by atoms with Gasteiger partial charge in [0.15, 0.2) is 0 Å². The maximum atomic E-state index is 3.53. The SMILES string of the molecule is Cc1ccc(C(C)(C)CCNN2CCSC2)cc1. The number of nitrogens with zero attached hydrogens (tertiary/aromatic N) is 1. The third kappa shape index (κ3) is 3.74. The highest BCUT2D eigenvalue weighted by Crippen LogP contribution is 2.26. The van der Waals surface area contributed by atoms with Gasteiger partial charge in [-0.3, -0.25) is 5.43 Å². The van der Waals surface area contributed by atoms with Crippen molar-refractivity contribution in [3.05, 3.63) is 35.4 Å². The summed E-state index contributed by atoms with van der Waals surface area (Å²) in [6.07, 6.45) is 1.16. The fourth-order valence-corrected chi connectivity index (χ4v) is 3.13. The van der Waals surface area contributed by atoms with Crippen molar-refractivity contribution in [2.75, 3.05) is 24.7 Å². The van der Waals surface area contributed by atoms with Crippen molar-refractivity contribution in [1.82, 2.24) is 10.4 Å². The van der Waals surface area contributed by atoms with Crippen LogP contribution in [0.3, 0.4) is 0 Å². The quantitative estimate of drug-likeness (QED) is 0.879. The maximum absolute atomic E-state index is 3.53. The minimum atomic E-state index is 0.244. The van der Waals surface area contributed by atoms with Gasteiger partial charge in [0, 0.05) is 18.8 Å². The summed E-state index contributed by atoms with van der Waals surface area (Å²) in [5.41, 5.74) is 6.55. The van der Waals surface area contributed by atoms with Gasteiger partial charge in [-0.25, -0.2) is 5.01 Å². The molecule has 0 saturated carbocycles. The Morgan fingerprint density at radius 3 is 2.61 bits per heavy atom. The Morgan fingerprint density at radius 2 is 2.00 bits per heavy atom. The van der Waals surface area contributed by atoms with Crippen molar-refractivity contribution < 1.29 is 0 Å². The Bertz CT molecular complexity index is 367. The van der Waals surface area contributed by atoms with Gasteiger partial charge in [-0.1, -0.05) is 43.7 Å². The lowest BCUT2D eigenvalue weighted by atomic mass is 9.81. The number of aryl methyl sites for hydroxylation is 1. The molecule has 1 aliphatic rings. The standard InChI is InChI=1S/C15H24N2S/c1-13-4-6-14(7-5-13)15(2,3)8-9-16-17-10-11-18-12-17/h4-7,16H,8-12H2,1-3H3. The average molecular weight is 264 g/mol. The highest BCUT2D eigenvalue weighted by molar-refractivity contribution is 7.99. The van der Waals surface area contributed by atoms with Crippen LogP contribution >= 0.6 is 11.8 Å². The number of rotatable bonds is 5. The molecule has 0 aromatic heterocycles. The highest BCUT2D eigenvalue weighted by Gasteiger charge is 2.20. The Balaban J connectivity index is 1.84. The molecule has 0 unspecified atom stereocenters. The van der Waals surface area contributed by atoms with Gasteiger partial charge in [0.1, 0.15) is 0 Å². The van der Waals surface area contributed by atoms with Gasteiger partial charge in [-0.05, 0) is 24.3 Å². The van der Waals surface area contributed by atoms with Gasteiger partial charge in [0.05, 0.1) is 5.88 Å². The molecule has 1 heterocycles. The molecule has 1 aromatic rings. The van der Waals surface area contributed by atoms with Gasteiger partial charge in [0.2, 0.25) is 0 Å². The molecule has 0 aliphatic carbocycles. The molecular formula is C15H24N2S. The fourth-order valence-electron chi connectivity index (χ4n) is 2.21. The molecule has 2 nitrogen and oxygen atoms in total. The first-order chi connectivity index (χ1) is 8.58. The van der Waals surface area contributed by atoms with Crippen LogP contribution in [0.4, 0.5) is 0 Å². The highest BCUT2D eigenvalue weighted by atomic mass is 32.2. The van der Waals surface area contributed by atoms with Crippen LogP contribution in [0.5, 0.6) is 0 Å². The predicted octanol–water partition coefficient (Wildman–Crippen LogP) is 3.17. The van der Waals surface area contributed by atoms with E-state index in [2.05, 4.69) is 55.5 Å². The van der Waals surface area contributed by atoms with Gasteiger partial charge in [-0.15, -0.1) is 11.8 Å². The smallest absolute Gasteiger partial charge is 0.0588 e. The van der Waals surface area contributed by atoms with Crippen molar-refractivity contribution in [2.45, 2.75) is 32.6 Å². The summed E-state index contributed by atoms with van der Waals surface area (Å²) >= 11 is 2.00. The van der Waals surface area contributed by atoms with Crippen LogP contribution < -0.4 is 5.43 Å². The zero-order valence-corrected chi connectivity index (χ0v) is 12.5. The number of hydrazine groups is 1. The summed E-state index contributed by atoms with van der Waals surface area (Å²) in [6, 6.07) is 8.95. The van der Waals surface area contributed by atoms with E-state index < -0.39 is 0 Å². The molecule has 3 heteroatoms. The van der Waals surface area contributed by atoms with E-state index >= 15 is 0 Å². The number of hydrogen-bond acceptors (Lipinski definition) is 3. The van der Waals surface area contributed by atoms with E-state index in [1.807, 2.05) is 11.8 Å². The molecule has 0 spiro atoms. The van der Waals surface area contributed by atoms with Crippen LogP contribution in [0.2, 0.25) is 0 Å². The normalized spacial score (nSPS) is 17.3. The first-order valence-corrected chi connectivity index (χ1v) is 7.87. The Morgan fingerprint density at radius 1 is 1.28 bits per heavy atom. The molecule has 18 heavy (non-hydrogen) atoms. The number of hydrogen-bond donors (Lipinski definition) is 1. The molecule has 0 radical (unpaired) electrons. The first kappa shape index (κ1) is 13.9. The fraction of sp³-hybridized carbons (Fsp3) is 0.600. The maximum Gasteiger partial charge on any atom is 0.0588 e. The monoisotopic (exact) mass is 264 g/mol. The number of thioether (sulfide) groups is 1. The predicted molar refractivity (Wildman–Crippen MR) is 80.9 cm³/mol. The van der Waals surface area contributed by atoms with Crippen LogP contribution in [0.25, 0.3) is 0 Å². The molecule has 1 N–H and O–H groups in total. The molecule has 1 aromatic carbocycles. The first-order valence-electron chi connectivity index (χ1n) is 6.71. The van der Waals surface area contributed by atoms with E-state index in [0.717, 1.165) is 18.8 Å². The summed E-state index contributed by atoms with van der Waals surface area (Å²) in [5.74, 6) is 2.39. The summed E-state index contributed by atoms with van der Waals surface area (Å²) in [6.45, 7) is 9.04. The summed E-state index contributed by atoms with van der Waals surface area (Å²) in [7, 11) is 0. The second-order valence-corrected chi connectivity index (χ2v) is 6.78. The van der Waals surface area contributed by atoms with Crippen molar-refractivity contribution in [1.29, 1.82) is 0 Å². The lowest BCUT2D eigenvalue weighted by Gasteiger charge is -2.27. The molecule has 0 bridgehead atoms. The summed E-state index contributed by atoms with van der Waals surface area (Å²) < 4.78 is 0. The van der Waals surface area contributed by atoms with Gasteiger partial charge in [0.25, 0.3) is 0 Å². The Kier molecular flexibility index (Phi) is 4.71. The van der Waals surface area contributed by atoms with E-state index in [4.69, 9.17) is 0 Å². The minimum absolute atomic E-state index is 0.244. The molecule has 1 fully saturated rings. The largest absolute Gasteiger partial charge is 0.254 e. The number of nitrogens with one attached hydrogen (secondary N) is 1. The van der Waals surface area contributed by atoms with Gasteiger partial charge < -0.3 is 0 Å². The average Bonchev–Trinajstić information content (AvgIpc) is 2.82. The van der Waals surface area contributed by atoms with Gasteiger partial charge in [-0.2, -0.15) is 0 Å². The third-order valence-corrected chi connectivity index (χ3v) is 4.64. The topological polar surface area (TPSA) is 15.3 Å². The minimum Gasteiger partial charge on any atom is -0.254 e. The lowest BCUT2D eigenvalue weighted by molar-refractivity contribution is 0.237. The van der Waals surface area contributed by atoms with E-state index in [1.165, 1.54) is 23.4 Å². The molecule has 1 aliphatic heterocycles. The van der Waals surface area contributed by atoms with Crippen LogP contribution in [-0.2, 0) is 5.41 Å². The van der Waals surface area contributed by atoms with Crippen LogP contribution in [0, 0.1) is 6.92 Å². The second kappa shape index (κ2) is 6.09. The Hall–Kier alpha value is -0.510. The summed E-state index contributed by atoms with van der Waals surface area (Å²) in [4.78, 5) is 0. The molecule has 100 valence electrons. The van der Waals surface area contributed by atoms with Crippen LogP contribution in [0.1, 0.15) is 31.4 Å². The zero-order valence-electron chi connectivity index (χ0n) is 11.7. The van der Waals surface area contributed by atoms with E-state index in [1.54, 1.807) is 0 Å².